The van der Waals surface area contributed by atoms with Gasteiger partial charge in [0, 0.05) is 45.5 Å². The molecule has 0 radical (unpaired) electrons. The molecule has 3 aliphatic rings. The molecule has 1 saturated heterocycles. The van der Waals surface area contributed by atoms with Crippen molar-refractivity contribution in [3.8, 4) is 5.75 Å². The summed E-state index contributed by atoms with van der Waals surface area (Å²) in [6.07, 6.45) is 7.61. The monoisotopic (exact) mass is 977 g/mol. The van der Waals surface area contributed by atoms with Crippen molar-refractivity contribution >= 4 is 59.9 Å². The minimum absolute atomic E-state index is 0.289. The molecule has 0 N–H and O–H groups in total. The molecule has 2 unspecified atom stereocenters. The molecule has 5 atom stereocenters. The second-order valence-corrected chi connectivity index (χ2v) is 26.5. The summed E-state index contributed by atoms with van der Waals surface area (Å²) in [5.41, 5.74) is 6.73. The maximum atomic E-state index is 8.40. The van der Waals surface area contributed by atoms with E-state index in [-0.39, 0.29) is 6.04 Å². The molecule has 318 valence electrons. The van der Waals surface area contributed by atoms with Gasteiger partial charge in [0.15, 0.2) is 0 Å². The average Bonchev–Trinajstić information content (AvgIpc) is 3.52. The zero-order valence-corrected chi connectivity index (χ0v) is 42.1. The van der Waals surface area contributed by atoms with Crippen LogP contribution >= 0.6 is 19.4 Å². The summed E-state index contributed by atoms with van der Waals surface area (Å²) in [5, 5.41) is 0. The minimum atomic E-state index is -2.73. The Morgan fingerprint density at radius 2 is 1.55 bits per heavy atom. The summed E-state index contributed by atoms with van der Waals surface area (Å²) in [4.78, 5) is 5.13. The van der Waals surface area contributed by atoms with Gasteiger partial charge in [0.2, 0.25) is 0 Å². The summed E-state index contributed by atoms with van der Waals surface area (Å²) in [6.45, 7) is 21.9. The Balaban J connectivity index is 0.000000550. The molecule has 1 aromatic rings. The Kier molecular flexibility index (Phi) is 25.5. The van der Waals surface area contributed by atoms with Gasteiger partial charge in [-0.05, 0) is 69.6 Å². The molecule has 0 spiro atoms. The van der Waals surface area contributed by atoms with Crippen LogP contribution in [-0.4, -0.2) is 110 Å². The van der Waals surface area contributed by atoms with Crippen LogP contribution in [0.1, 0.15) is 66.9 Å². The van der Waals surface area contributed by atoms with Crippen molar-refractivity contribution in [2.45, 2.75) is 86.0 Å². The SMILES string of the molecule is CCO[Si](CC1CN(C2=C(C)C=C(C)CC2C)[CH-]N1[C@H]1C(C)=C[C@@H](C)C[C@H]1C)(OC)OC.CO[Si](C)(COc1ccccc1[CH]=[Ru]([Cl])[Cl])OC.O=[Si]=O.O=[Si]=O. The first-order chi connectivity index (χ1) is 26.5. The van der Waals surface area contributed by atoms with Crippen molar-refractivity contribution in [3.05, 3.63) is 71.1 Å². The molecule has 56 heavy (non-hydrogen) atoms. The van der Waals surface area contributed by atoms with Crippen LogP contribution in [-0.2, 0) is 53.5 Å². The Morgan fingerprint density at radius 3 is 2.05 bits per heavy atom. The molecule has 2 aliphatic carbocycles. The fraction of sp³-hybridized carbons (Fsp3) is 0.622. The molecule has 0 amide bonds. The zero-order chi connectivity index (χ0) is 42.6. The molecule has 12 nitrogen and oxygen atoms in total. The van der Waals surface area contributed by atoms with E-state index in [4.69, 9.17) is 64.1 Å². The summed E-state index contributed by atoms with van der Waals surface area (Å²) in [5.74, 6) is 2.52. The van der Waals surface area contributed by atoms with E-state index in [9.17, 15) is 0 Å². The van der Waals surface area contributed by atoms with E-state index in [1.165, 1.54) is 28.8 Å². The number of benzene rings is 1. The molecule has 1 fully saturated rings. The van der Waals surface area contributed by atoms with Crippen molar-refractivity contribution in [2.75, 3.05) is 47.8 Å². The molecule has 1 heterocycles. The average molecular weight is 978 g/mol. The van der Waals surface area contributed by atoms with Crippen molar-refractivity contribution in [3.63, 3.8) is 0 Å². The number of hydrogen-bond donors (Lipinski definition) is 0. The number of rotatable bonds is 14. The predicted octanol–water partition coefficient (Wildman–Crippen LogP) is 7.42. The van der Waals surface area contributed by atoms with Crippen LogP contribution < -0.4 is 4.74 Å². The fourth-order valence-corrected chi connectivity index (χ4v) is 12.5. The molecule has 4 rings (SSSR count). The molecule has 1 aliphatic heterocycles. The third-order valence-corrected chi connectivity index (χ3v) is 17.1. The first-order valence-corrected chi connectivity index (χ1v) is 29.9. The van der Waals surface area contributed by atoms with E-state index >= 15 is 0 Å². The Bertz CT molecular complexity index is 1570. The smallest absolute Gasteiger partial charge is 0.274 e. The van der Waals surface area contributed by atoms with Gasteiger partial charge in [-0.15, -0.1) is 0 Å². The van der Waals surface area contributed by atoms with Crippen LogP contribution in [0.2, 0.25) is 12.6 Å². The topological polar surface area (TPSA) is 130 Å². The van der Waals surface area contributed by atoms with E-state index in [0.29, 0.717) is 36.6 Å². The number of hydrogen-bond acceptors (Lipinski definition) is 12. The summed E-state index contributed by atoms with van der Waals surface area (Å²) >= 11 is -1.86. The van der Waals surface area contributed by atoms with Gasteiger partial charge in [-0.2, -0.15) is 6.67 Å². The van der Waals surface area contributed by atoms with E-state index in [0.717, 1.165) is 30.3 Å². The minimum Gasteiger partial charge on any atom is -0.274 e. The van der Waals surface area contributed by atoms with Crippen molar-refractivity contribution in [1.29, 1.82) is 0 Å². The Morgan fingerprint density at radius 1 is 0.964 bits per heavy atom. The largest absolute Gasteiger partial charge is 0.549 e. The van der Waals surface area contributed by atoms with E-state index < -0.39 is 49.5 Å². The van der Waals surface area contributed by atoms with Crippen LogP contribution in [0.25, 0.3) is 0 Å². The first kappa shape index (κ1) is 53.0. The molecule has 0 aromatic heterocycles. The van der Waals surface area contributed by atoms with Gasteiger partial charge >= 0.3 is 150 Å². The molecule has 0 saturated carbocycles. The summed E-state index contributed by atoms with van der Waals surface area (Å²) < 4.78 is 70.0. The second-order valence-electron chi connectivity index (χ2n) is 14.1. The zero-order valence-electron chi connectivity index (χ0n) is 34.8. The van der Waals surface area contributed by atoms with Crippen LogP contribution in [0.5, 0.6) is 5.75 Å². The van der Waals surface area contributed by atoms with E-state index in [1.54, 1.807) is 28.4 Å². The van der Waals surface area contributed by atoms with Gasteiger partial charge in [0.05, 0.1) is 0 Å². The third-order valence-electron chi connectivity index (χ3n) is 9.92. The fourth-order valence-electron chi connectivity index (χ4n) is 7.67. The molecule has 19 heteroatoms. The number of halogens is 2. The normalized spacial score (nSPS) is 22.7. The third kappa shape index (κ3) is 16.5. The summed E-state index contributed by atoms with van der Waals surface area (Å²) in [6, 6.07) is 9.13. The number of para-hydroxylation sites is 1. The van der Waals surface area contributed by atoms with Gasteiger partial charge in [0.25, 0.3) is 0 Å². The van der Waals surface area contributed by atoms with Crippen molar-refractivity contribution in [1.82, 2.24) is 9.80 Å². The van der Waals surface area contributed by atoms with Crippen LogP contribution in [0.3, 0.4) is 0 Å². The predicted molar refractivity (Wildman–Crippen MR) is 222 cm³/mol. The summed E-state index contributed by atoms with van der Waals surface area (Å²) in [7, 11) is 10.7. The Hall–Kier alpha value is -1.06. The van der Waals surface area contributed by atoms with E-state index in [1.807, 2.05) is 42.3 Å². The molecule has 1 aromatic carbocycles. The maximum Gasteiger partial charge on any atom is 0.549 e. The number of nitrogens with zero attached hydrogens (tertiary/aromatic N) is 2. The van der Waals surface area contributed by atoms with Crippen LogP contribution in [0.15, 0.2) is 58.8 Å². The number of allylic oxidation sites excluding steroid dienone is 5. The first-order valence-electron chi connectivity index (χ1n) is 18.3. The standard InChI is InChI=1S/C26H45N2O3Si.C11H16O3Si.2ClH.2O2Si.Ru/c1-10-31-32(29-8,30-9)16-24-15-27(25-20(4)11-18(2)12-21(25)5)17-28(24)26-22(6)13-19(3)14-23(26)7;1-10-7-5-6-8-11(10)14-9-15(4,12-2)13-3;;;2*1-3-2;/h11,13,17,19,21,23-24,26H,10,12,14-16H2,1-9H3;1,5-8H,9H2,2-4H3;2*1H;;;/q-1;;;;;;+2/p-2/t19-,21?,23-,24?,26+;;;;;;/m1....../s1. The Labute approximate surface area is 354 Å². The van der Waals surface area contributed by atoms with Gasteiger partial charge < -0.3 is 23.1 Å². The molecule has 0 bridgehead atoms. The number of ether oxygens (including phenoxy) is 1. The molecular formula is C37H61Cl2N2O10RuSi4-. The quantitative estimate of drug-likeness (QED) is 0.105. The van der Waals surface area contributed by atoms with Gasteiger partial charge in [-0.1, -0.05) is 44.1 Å². The maximum absolute atomic E-state index is 8.40. The van der Waals surface area contributed by atoms with E-state index in [2.05, 4.69) is 70.2 Å². The molecular weight excluding hydrogens is 917 g/mol. The van der Waals surface area contributed by atoms with Crippen LogP contribution in [0, 0.1) is 24.4 Å². The second kappa shape index (κ2) is 26.9. The van der Waals surface area contributed by atoms with Gasteiger partial charge in [0.1, 0.15) is 0 Å². The van der Waals surface area contributed by atoms with Crippen molar-refractivity contribution < 1.29 is 58.2 Å². The van der Waals surface area contributed by atoms with Gasteiger partial charge in [-0.3, -0.25) is 17.8 Å². The van der Waals surface area contributed by atoms with Crippen molar-refractivity contribution in [2.24, 2.45) is 17.8 Å². The van der Waals surface area contributed by atoms with Crippen LogP contribution in [0.4, 0.5) is 0 Å². The van der Waals surface area contributed by atoms with Gasteiger partial charge in [-0.25, -0.2) is 0 Å².